The number of fused-ring (bicyclic) bond motifs is 1. The van der Waals surface area contributed by atoms with Crippen LogP contribution in [0.4, 0.5) is 5.82 Å². The summed E-state index contributed by atoms with van der Waals surface area (Å²) in [6, 6.07) is 9.51. The molecule has 35 heavy (non-hydrogen) atoms. The molecule has 0 saturated carbocycles. The Balaban J connectivity index is 1.34. The lowest BCUT2D eigenvalue weighted by Gasteiger charge is -2.35. The topological polar surface area (TPSA) is 117 Å². The van der Waals surface area contributed by atoms with E-state index in [9.17, 15) is 4.79 Å². The number of benzene rings is 1. The highest BCUT2D eigenvalue weighted by Gasteiger charge is 2.32. The third-order valence-electron chi connectivity index (χ3n) is 7.06. The zero-order chi connectivity index (χ0) is 24.4. The van der Waals surface area contributed by atoms with E-state index >= 15 is 0 Å². The van der Waals surface area contributed by atoms with Gasteiger partial charge in [-0.2, -0.15) is 5.26 Å². The number of anilines is 1. The van der Waals surface area contributed by atoms with Crippen LogP contribution in [-0.2, 0) is 0 Å². The fourth-order valence-electron chi connectivity index (χ4n) is 5.31. The van der Waals surface area contributed by atoms with Crippen molar-refractivity contribution in [3.63, 3.8) is 0 Å². The van der Waals surface area contributed by atoms with Gasteiger partial charge >= 0.3 is 0 Å². The van der Waals surface area contributed by atoms with Gasteiger partial charge in [-0.15, -0.1) is 10.2 Å². The number of amides is 1. The largest absolute Gasteiger partial charge is 0.490 e. The predicted molar refractivity (Wildman–Crippen MR) is 134 cm³/mol. The Morgan fingerprint density at radius 2 is 2.09 bits per heavy atom. The molecule has 2 aliphatic heterocycles. The van der Waals surface area contributed by atoms with E-state index in [1.54, 1.807) is 12.1 Å². The fraction of sp³-hybridized carbons (Fsp3) is 0.370. The molecule has 8 heteroatoms. The van der Waals surface area contributed by atoms with Gasteiger partial charge in [0.25, 0.3) is 5.91 Å². The monoisotopic (exact) mass is 468 g/mol. The number of aliphatic imine (C=N–C) groups is 1. The van der Waals surface area contributed by atoms with Crippen molar-refractivity contribution >= 4 is 17.9 Å². The van der Waals surface area contributed by atoms with Crippen molar-refractivity contribution in [2.75, 3.05) is 18.0 Å². The summed E-state index contributed by atoms with van der Waals surface area (Å²) < 4.78 is 6.13. The van der Waals surface area contributed by atoms with E-state index in [1.807, 2.05) is 31.3 Å². The summed E-state index contributed by atoms with van der Waals surface area (Å²) in [5, 5.41) is 17.8. The maximum Gasteiger partial charge on any atom is 0.269 e. The Bertz CT molecular complexity index is 1270. The lowest BCUT2D eigenvalue weighted by atomic mass is 9.79. The number of carbonyl (C=O) groups is 1. The minimum absolute atomic E-state index is 0.0666. The average Bonchev–Trinajstić information content (AvgIpc) is 2.89. The van der Waals surface area contributed by atoms with Gasteiger partial charge in [-0.05, 0) is 66.7 Å². The van der Waals surface area contributed by atoms with Gasteiger partial charge in [-0.1, -0.05) is 18.2 Å². The summed E-state index contributed by atoms with van der Waals surface area (Å²) in [6.07, 6.45) is 11.5. The molecule has 0 spiro atoms. The van der Waals surface area contributed by atoms with Crippen LogP contribution in [0.5, 0.6) is 5.75 Å². The van der Waals surface area contributed by atoms with Crippen molar-refractivity contribution in [3.05, 3.63) is 70.5 Å². The Morgan fingerprint density at radius 1 is 1.26 bits per heavy atom. The number of nitrogens with two attached hydrogens (primary N) is 1. The minimum Gasteiger partial charge on any atom is -0.490 e. The van der Waals surface area contributed by atoms with Gasteiger partial charge in [-0.3, -0.25) is 9.79 Å². The van der Waals surface area contributed by atoms with Gasteiger partial charge in [0.15, 0.2) is 11.5 Å². The molecule has 1 fully saturated rings. The molecular weight excluding hydrogens is 440 g/mol. The van der Waals surface area contributed by atoms with Gasteiger partial charge in [-0.25, -0.2) is 0 Å². The van der Waals surface area contributed by atoms with Crippen molar-refractivity contribution in [3.8, 4) is 11.8 Å². The Morgan fingerprint density at radius 3 is 2.86 bits per heavy atom. The molecule has 1 aromatic carbocycles. The standard InChI is InChI=1S/C27H28N6O2/c1-17-24(20-8-7-19-5-3-11-30-23(19)15-20)25(26(29)34)31-32-27(17)33-12-9-21(10-13-33)35-22-6-2-4-18(14-22)16-28/h2-7,11,14,20-21,23H,8-10,12-13,15H2,1H3,(H2,29,34). The van der Waals surface area contributed by atoms with Gasteiger partial charge in [0.1, 0.15) is 11.9 Å². The summed E-state index contributed by atoms with van der Waals surface area (Å²) >= 11 is 0. The molecular formula is C27H28N6O2. The minimum atomic E-state index is -0.546. The predicted octanol–water partition coefficient (Wildman–Crippen LogP) is 3.62. The molecule has 178 valence electrons. The number of ether oxygens (including phenoxy) is 1. The Hall–Kier alpha value is -3.99. The van der Waals surface area contributed by atoms with Crippen LogP contribution < -0.4 is 15.4 Å². The van der Waals surface area contributed by atoms with Gasteiger partial charge < -0.3 is 15.4 Å². The summed E-state index contributed by atoms with van der Waals surface area (Å²) in [5.74, 6) is 1.08. The van der Waals surface area contributed by atoms with E-state index in [0.717, 1.165) is 61.5 Å². The maximum atomic E-state index is 12.3. The molecule has 1 aliphatic carbocycles. The summed E-state index contributed by atoms with van der Waals surface area (Å²) in [5.41, 5.74) is 9.66. The van der Waals surface area contributed by atoms with Crippen molar-refractivity contribution in [2.24, 2.45) is 10.7 Å². The number of dihydropyridines is 1. The zero-order valence-corrected chi connectivity index (χ0v) is 19.7. The zero-order valence-electron chi connectivity index (χ0n) is 19.7. The molecule has 0 radical (unpaired) electrons. The van der Waals surface area contributed by atoms with Crippen molar-refractivity contribution in [1.29, 1.82) is 5.26 Å². The molecule has 1 amide bonds. The first-order valence-electron chi connectivity index (χ1n) is 12.0. The first kappa shape index (κ1) is 22.8. The molecule has 1 aromatic heterocycles. The van der Waals surface area contributed by atoms with Crippen LogP contribution in [0.25, 0.3) is 0 Å². The number of primary amides is 1. The average molecular weight is 469 g/mol. The molecule has 8 nitrogen and oxygen atoms in total. The number of nitrogens with zero attached hydrogens (tertiary/aromatic N) is 5. The number of hydrogen-bond acceptors (Lipinski definition) is 7. The second-order valence-electron chi connectivity index (χ2n) is 9.26. The van der Waals surface area contributed by atoms with Crippen molar-refractivity contribution in [2.45, 2.75) is 50.7 Å². The van der Waals surface area contributed by atoms with Crippen LogP contribution >= 0.6 is 0 Å². The first-order valence-corrected chi connectivity index (χ1v) is 12.0. The first-order chi connectivity index (χ1) is 17.0. The normalized spacial score (nSPS) is 21.7. The Kier molecular flexibility index (Phi) is 6.32. The van der Waals surface area contributed by atoms with E-state index in [4.69, 9.17) is 15.7 Å². The highest BCUT2D eigenvalue weighted by molar-refractivity contribution is 5.93. The molecule has 3 heterocycles. The SMILES string of the molecule is Cc1c(N2CCC(Oc3cccc(C#N)c3)CC2)nnc(C(N)=O)c1C1CC=C2C=CC=NC2C1. The molecule has 0 bridgehead atoms. The lowest BCUT2D eigenvalue weighted by molar-refractivity contribution is 0.0992. The lowest BCUT2D eigenvalue weighted by Crippen LogP contribution is -2.39. The number of nitriles is 1. The van der Waals surface area contributed by atoms with E-state index in [0.29, 0.717) is 5.56 Å². The molecule has 5 rings (SSSR count). The molecule has 2 unspecified atom stereocenters. The van der Waals surface area contributed by atoms with Crippen molar-refractivity contribution < 1.29 is 9.53 Å². The second kappa shape index (κ2) is 9.71. The molecule has 2 aromatic rings. The summed E-state index contributed by atoms with van der Waals surface area (Å²) in [6.45, 7) is 3.55. The van der Waals surface area contributed by atoms with E-state index < -0.39 is 5.91 Å². The number of carbonyl (C=O) groups excluding carboxylic acids is 1. The van der Waals surface area contributed by atoms with E-state index in [1.165, 1.54) is 5.57 Å². The Labute approximate surface area is 204 Å². The van der Waals surface area contributed by atoms with Crippen LogP contribution in [0.15, 0.2) is 53.1 Å². The summed E-state index contributed by atoms with van der Waals surface area (Å²) in [7, 11) is 0. The van der Waals surface area contributed by atoms with Crippen LogP contribution in [0.3, 0.4) is 0 Å². The van der Waals surface area contributed by atoms with Crippen LogP contribution in [0.2, 0.25) is 0 Å². The van der Waals surface area contributed by atoms with Crippen LogP contribution in [-0.4, -0.2) is 47.6 Å². The van der Waals surface area contributed by atoms with Gasteiger partial charge in [0, 0.05) is 32.1 Å². The van der Waals surface area contributed by atoms with E-state index in [-0.39, 0.29) is 23.8 Å². The maximum absolute atomic E-state index is 12.3. The molecule has 2 N–H and O–H groups in total. The number of rotatable bonds is 5. The molecule has 1 saturated heterocycles. The van der Waals surface area contributed by atoms with Gasteiger partial charge in [0.2, 0.25) is 0 Å². The quantitative estimate of drug-likeness (QED) is 0.716. The fourth-order valence-corrected chi connectivity index (χ4v) is 5.31. The van der Waals surface area contributed by atoms with Crippen LogP contribution in [0.1, 0.15) is 58.8 Å². The highest BCUT2D eigenvalue weighted by atomic mass is 16.5. The van der Waals surface area contributed by atoms with Crippen molar-refractivity contribution in [1.82, 2.24) is 10.2 Å². The van der Waals surface area contributed by atoms with Gasteiger partial charge in [0.05, 0.1) is 17.7 Å². The van der Waals surface area contributed by atoms with Crippen LogP contribution in [0, 0.1) is 18.3 Å². The smallest absolute Gasteiger partial charge is 0.269 e. The van der Waals surface area contributed by atoms with E-state index in [2.05, 4.69) is 38.3 Å². The third-order valence-corrected chi connectivity index (χ3v) is 7.06. The summed E-state index contributed by atoms with van der Waals surface area (Å²) in [4.78, 5) is 19.1. The number of piperidine rings is 1. The second-order valence-corrected chi connectivity index (χ2v) is 9.26. The number of aromatic nitrogens is 2. The molecule has 3 aliphatic rings. The third kappa shape index (κ3) is 4.67. The highest BCUT2D eigenvalue weighted by Crippen LogP contribution is 2.39. The molecule has 2 atom stereocenters. The number of allylic oxidation sites excluding steroid dienone is 2. The number of hydrogen-bond donors (Lipinski definition) is 1.